The molecule has 5 rings (SSSR count). The number of aromatic nitrogens is 2. The predicted octanol–water partition coefficient (Wildman–Crippen LogP) is 6.12. The average Bonchev–Trinajstić information content (AvgIpc) is 3.42. The van der Waals surface area contributed by atoms with Crippen molar-refractivity contribution in [1.29, 1.82) is 0 Å². The molecule has 1 amide bonds. The van der Waals surface area contributed by atoms with Crippen LogP contribution in [0.3, 0.4) is 0 Å². The first-order valence-electron chi connectivity index (χ1n) is 12.0. The van der Waals surface area contributed by atoms with Gasteiger partial charge in [0.05, 0.1) is 12.3 Å². The van der Waals surface area contributed by atoms with Crippen LogP contribution in [0.5, 0.6) is 5.75 Å². The van der Waals surface area contributed by atoms with Gasteiger partial charge in [0.15, 0.2) is 0 Å². The van der Waals surface area contributed by atoms with Crippen LogP contribution in [0.2, 0.25) is 10.0 Å². The maximum absolute atomic E-state index is 13.3. The second kappa shape index (κ2) is 9.63. The standard InChI is InChI=1S/C27H29Cl2N3O2/c1-16(2)34-22-6-3-17(4-7-22)19-13-24(28)23(25(29)14-19)12-18-9-10-32(27(18)33)21-5-8-26-20(11-21)15-30-31-26/h3-4,6-7,13-16,18,21H,5,8-12H2,1-2H3,(H,30,31). The molecule has 1 aliphatic heterocycles. The number of carbonyl (C=O) groups excluding carboxylic acids is 1. The van der Waals surface area contributed by atoms with Crippen molar-refractivity contribution in [2.75, 3.05) is 6.54 Å². The highest BCUT2D eigenvalue weighted by Crippen LogP contribution is 2.37. The quantitative estimate of drug-likeness (QED) is 0.446. The molecule has 1 aliphatic carbocycles. The Labute approximate surface area is 210 Å². The lowest BCUT2D eigenvalue weighted by molar-refractivity contribution is -0.133. The number of H-pyrrole nitrogens is 1. The van der Waals surface area contributed by atoms with Crippen molar-refractivity contribution < 1.29 is 9.53 Å². The van der Waals surface area contributed by atoms with Crippen molar-refractivity contribution in [2.24, 2.45) is 5.92 Å². The van der Waals surface area contributed by atoms with Crippen LogP contribution in [0.4, 0.5) is 0 Å². The van der Waals surface area contributed by atoms with Gasteiger partial charge < -0.3 is 9.64 Å². The third-order valence-corrected chi connectivity index (χ3v) is 7.61. The van der Waals surface area contributed by atoms with Crippen molar-refractivity contribution in [2.45, 2.75) is 58.1 Å². The van der Waals surface area contributed by atoms with Gasteiger partial charge in [-0.05, 0) is 92.5 Å². The first-order valence-corrected chi connectivity index (χ1v) is 12.7. The first kappa shape index (κ1) is 23.3. The molecule has 2 aromatic carbocycles. The third kappa shape index (κ3) is 4.69. The van der Waals surface area contributed by atoms with Gasteiger partial charge in [0, 0.05) is 34.2 Å². The topological polar surface area (TPSA) is 58.2 Å². The molecule has 0 radical (unpaired) electrons. The molecule has 2 aliphatic rings. The van der Waals surface area contributed by atoms with Gasteiger partial charge in [-0.15, -0.1) is 0 Å². The van der Waals surface area contributed by atoms with Crippen LogP contribution in [0.1, 0.15) is 43.5 Å². The Morgan fingerprint density at radius 2 is 1.85 bits per heavy atom. The Hall–Kier alpha value is -2.50. The molecule has 0 saturated carbocycles. The van der Waals surface area contributed by atoms with Crippen molar-refractivity contribution in [1.82, 2.24) is 15.1 Å². The van der Waals surface area contributed by atoms with Crippen molar-refractivity contribution in [3.8, 4) is 16.9 Å². The normalized spacial score (nSPS) is 20.1. The molecule has 0 spiro atoms. The van der Waals surface area contributed by atoms with Crippen LogP contribution in [-0.4, -0.2) is 39.7 Å². The highest BCUT2D eigenvalue weighted by Gasteiger charge is 2.37. The third-order valence-electron chi connectivity index (χ3n) is 6.93. The molecule has 1 N–H and O–H groups in total. The average molecular weight is 498 g/mol. The Morgan fingerprint density at radius 3 is 2.56 bits per heavy atom. The molecule has 2 unspecified atom stereocenters. The molecule has 1 saturated heterocycles. The zero-order valence-electron chi connectivity index (χ0n) is 19.5. The fraction of sp³-hybridized carbons (Fsp3) is 0.407. The SMILES string of the molecule is CC(C)Oc1ccc(-c2cc(Cl)c(CC3CCN(C4CCc5[nH]ncc5C4)C3=O)c(Cl)c2)cc1. The van der Waals surface area contributed by atoms with Gasteiger partial charge in [0.1, 0.15) is 5.75 Å². The van der Waals surface area contributed by atoms with Crippen molar-refractivity contribution >= 4 is 29.1 Å². The molecule has 5 nitrogen and oxygen atoms in total. The van der Waals surface area contributed by atoms with Crippen LogP contribution in [0.15, 0.2) is 42.6 Å². The fourth-order valence-electron chi connectivity index (χ4n) is 5.19. The highest BCUT2D eigenvalue weighted by molar-refractivity contribution is 6.36. The molecule has 1 aromatic heterocycles. The fourth-order valence-corrected chi connectivity index (χ4v) is 5.83. The largest absolute Gasteiger partial charge is 0.491 e. The second-order valence-corrected chi connectivity index (χ2v) is 10.4. The Morgan fingerprint density at radius 1 is 1.12 bits per heavy atom. The van der Waals surface area contributed by atoms with E-state index < -0.39 is 0 Å². The van der Waals surface area contributed by atoms with Gasteiger partial charge >= 0.3 is 0 Å². The zero-order chi connectivity index (χ0) is 23.8. The van der Waals surface area contributed by atoms with E-state index in [-0.39, 0.29) is 24.0 Å². The number of rotatable bonds is 6. The molecule has 34 heavy (non-hydrogen) atoms. The summed E-state index contributed by atoms with van der Waals surface area (Å²) in [6, 6.07) is 12.1. The van der Waals surface area contributed by atoms with E-state index in [9.17, 15) is 4.79 Å². The number of ether oxygens (including phenoxy) is 1. The molecular formula is C27H29Cl2N3O2. The van der Waals surface area contributed by atoms with E-state index in [1.807, 2.05) is 56.4 Å². The smallest absolute Gasteiger partial charge is 0.226 e. The number of hydrogen-bond acceptors (Lipinski definition) is 3. The number of carbonyl (C=O) groups is 1. The van der Waals surface area contributed by atoms with Gasteiger partial charge in [-0.2, -0.15) is 5.10 Å². The second-order valence-electron chi connectivity index (χ2n) is 9.60. The maximum atomic E-state index is 13.3. The van der Waals surface area contributed by atoms with Gasteiger partial charge in [0.2, 0.25) is 5.91 Å². The number of benzene rings is 2. The first-order chi connectivity index (χ1) is 16.4. The summed E-state index contributed by atoms with van der Waals surface area (Å²) >= 11 is 13.4. The molecular weight excluding hydrogens is 469 g/mol. The van der Waals surface area contributed by atoms with Crippen LogP contribution >= 0.6 is 23.2 Å². The summed E-state index contributed by atoms with van der Waals surface area (Å²) in [6.07, 6.45) is 6.22. The molecule has 178 valence electrons. The number of aryl methyl sites for hydroxylation is 1. The highest BCUT2D eigenvalue weighted by atomic mass is 35.5. The number of likely N-dealkylation sites (tertiary alicyclic amines) is 1. The summed E-state index contributed by atoms with van der Waals surface area (Å²) in [6.45, 7) is 4.80. The minimum Gasteiger partial charge on any atom is -0.491 e. The maximum Gasteiger partial charge on any atom is 0.226 e. The number of fused-ring (bicyclic) bond motifs is 1. The summed E-state index contributed by atoms with van der Waals surface area (Å²) < 4.78 is 5.73. The lowest BCUT2D eigenvalue weighted by atomic mass is 9.92. The minimum atomic E-state index is -0.0842. The molecule has 7 heteroatoms. The van der Waals surface area contributed by atoms with Crippen LogP contribution in [0, 0.1) is 5.92 Å². The summed E-state index contributed by atoms with van der Waals surface area (Å²) in [5.74, 6) is 0.965. The minimum absolute atomic E-state index is 0.0842. The Kier molecular flexibility index (Phi) is 6.59. The monoisotopic (exact) mass is 497 g/mol. The number of nitrogens with one attached hydrogen (secondary N) is 1. The van der Waals surface area contributed by atoms with Crippen molar-refractivity contribution in [3.05, 3.63) is 69.5 Å². The molecule has 2 heterocycles. The molecule has 1 fully saturated rings. The van der Waals surface area contributed by atoms with E-state index in [0.717, 1.165) is 54.7 Å². The number of amides is 1. The zero-order valence-corrected chi connectivity index (χ0v) is 21.0. The van der Waals surface area contributed by atoms with Crippen LogP contribution < -0.4 is 4.74 Å². The van der Waals surface area contributed by atoms with E-state index in [4.69, 9.17) is 27.9 Å². The molecule has 0 bridgehead atoms. The van der Waals surface area contributed by atoms with Crippen LogP contribution in [0.25, 0.3) is 11.1 Å². The lowest BCUT2D eigenvalue weighted by Gasteiger charge is -2.31. The predicted molar refractivity (Wildman–Crippen MR) is 136 cm³/mol. The molecule has 2 atom stereocenters. The Balaban J connectivity index is 1.28. The van der Waals surface area contributed by atoms with E-state index in [0.29, 0.717) is 16.5 Å². The number of nitrogens with zero attached hydrogens (tertiary/aromatic N) is 2. The number of aromatic amines is 1. The molecule has 3 aromatic rings. The van der Waals surface area contributed by atoms with Gasteiger partial charge in [0.25, 0.3) is 0 Å². The number of hydrogen-bond donors (Lipinski definition) is 1. The summed E-state index contributed by atoms with van der Waals surface area (Å²) in [5.41, 5.74) is 5.27. The summed E-state index contributed by atoms with van der Waals surface area (Å²) in [4.78, 5) is 15.4. The van der Waals surface area contributed by atoms with Gasteiger partial charge in [-0.3, -0.25) is 9.89 Å². The lowest BCUT2D eigenvalue weighted by Crippen LogP contribution is -2.41. The van der Waals surface area contributed by atoms with Gasteiger partial charge in [-0.1, -0.05) is 35.3 Å². The van der Waals surface area contributed by atoms with Crippen molar-refractivity contribution in [3.63, 3.8) is 0 Å². The summed E-state index contributed by atoms with van der Waals surface area (Å²) in [7, 11) is 0. The van der Waals surface area contributed by atoms with Crippen LogP contribution in [-0.2, 0) is 24.1 Å². The Bertz CT molecular complexity index is 1170. The van der Waals surface area contributed by atoms with E-state index in [1.165, 1.54) is 11.3 Å². The van der Waals surface area contributed by atoms with E-state index >= 15 is 0 Å². The number of halogens is 2. The van der Waals surface area contributed by atoms with Gasteiger partial charge in [-0.25, -0.2) is 0 Å². The van der Waals surface area contributed by atoms with E-state index in [2.05, 4.69) is 15.1 Å². The summed E-state index contributed by atoms with van der Waals surface area (Å²) in [5, 5.41) is 8.44. The van der Waals surface area contributed by atoms with E-state index in [1.54, 1.807) is 0 Å².